The molecule has 0 saturated carbocycles. The van der Waals surface area contributed by atoms with Crippen molar-refractivity contribution in [1.82, 2.24) is 15.1 Å². The van der Waals surface area contributed by atoms with E-state index in [1.165, 1.54) is 96.3 Å². The van der Waals surface area contributed by atoms with Crippen LogP contribution >= 0.6 is 0 Å². The van der Waals surface area contributed by atoms with E-state index in [-0.39, 0.29) is 18.0 Å². The number of carbonyl (C=O) groups excluding carboxylic acids is 2. The van der Waals surface area contributed by atoms with Crippen LogP contribution in [-0.4, -0.2) is 68.2 Å². The van der Waals surface area contributed by atoms with E-state index < -0.39 is 0 Å². The molecule has 1 rings (SSSR count). The molecular formula is C32H63N3O3. The zero-order chi connectivity index (χ0) is 27.7. The SMILES string of the molecule is CCCCCCCCCCCCCCCCCCNC(=O)N1CCCCC1CCOC(=O)CCCN(C)C. The molecule has 1 atom stereocenters. The minimum absolute atomic E-state index is 0.0629. The van der Waals surface area contributed by atoms with Crippen molar-refractivity contribution in [3.05, 3.63) is 0 Å². The maximum Gasteiger partial charge on any atom is 0.317 e. The van der Waals surface area contributed by atoms with Crippen LogP contribution in [0.2, 0.25) is 0 Å². The van der Waals surface area contributed by atoms with Crippen LogP contribution in [0.15, 0.2) is 0 Å². The predicted molar refractivity (Wildman–Crippen MR) is 161 cm³/mol. The van der Waals surface area contributed by atoms with Crippen molar-refractivity contribution >= 4 is 12.0 Å². The van der Waals surface area contributed by atoms with Crippen LogP contribution in [-0.2, 0) is 9.53 Å². The number of esters is 1. The van der Waals surface area contributed by atoms with Gasteiger partial charge in [0.25, 0.3) is 0 Å². The first-order chi connectivity index (χ1) is 18.5. The van der Waals surface area contributed by atoms with E-state index in [0.29, 0.717) is 13.0 Å². The second-order valence-corrected chi connectivity index (χ2v) is 11.8. The molecule has 1 saturated heterocycles. The Balaban J connectivity index is 1.98. The monoisotopic (exact) mass is 537 g/mol. The number of hydrogen-bond donors (Lipinski definition) is 1. The normalized spacial score (nSPS) is 15.7. The van der Waals surface area contributed by atoms with Gasteiger partial charge in [0, 0.05) is 32.0 Å². The Kier molecular flexibility index (Phi) is 22.6. The molecule has 6 heteroatoms. The highest BCUT2D eigenvalue weighted by atomic mass is 16.5. The maximum atomic E-state index is 12.8. The van der Waals surface area contributed by atoms with Gasteiger partial charge in [0.1, 0.15) is 0 Å². The van der Waals surface area contributed by atoms with Gasteiger partial charge in [0.2, 0.25) is 0 Å². The van der Waals surface area contributed by atoms with Crippen molar-refractivity contribution in [3.8, 4) is 0 Å². The van der Waals surface area contributed by atoms with Crippen LogP contribution in [0.3, 0.4) is 0 Å². The molecule has 38 heavy (non-hydrogen) atoms. The molecule has 224 valence electrons. The molecule has 0 bridgehead atoms. The molecule has 0 aliphatic carbocycles. The van der Waals surface area contributed by atoms with E-state index in [2.05, 4.69) is 17.1 Å². The third-order valence-corrected chi connectivity index (χ3v) is 7.89. The second kappa shape index (κ2) is 24.7. The van der Waals surface area contributed by atoms with Gasteiger partial charge in [-0.05, 0) is 52.7 Å². The Hall–Kier alpha value is -1.30. The lowest BCUT2D eigenvalue weighted by Crippen LogP contribution is -2.49. The van der Waals surface area contributed by atoms with E-state index in [0.717, 1.165) is 58.2 Å². The summed E-state index contributed by atoms with van der Waals surface area (Å²) in [6.07, 6.45) is 27.0. The summed E-state index contributed by atoms with van der Waals surface area (Å²) in [5, 5.41) is 3.14. The number of likely N-dealkylation sites (tertiary alicyclic amines) is 1. The molecule has 1 aliphatic rings. The summed E-state index contributed by atoms with van der Waals surface area (Å²) in [7, 11) is 4.02. The summed E-state index contributed by atoms with van der Waals surface area (Å²) >= 11 is 0. The summed E-state index contributed by atoms with van der Waals surface area (Å²) in [5.41, 5.74) is 0. The first kappa shape index (κ1) is 34.7. The highest BCUT2D eigenvalue weighted by molar-refractivity contribution is 5.74. The van der Waals surface area contributed by atoms with Crippen LogP contribution in [0.25, 0.3) is 0 Å². The van der Waals surface area contributed by atoms with Crippen molar-refractivity contribution in [2.24, 2.45) is 0 Å². The fraction of sp³-hybridized carbons (Fsp3) is 0.938. The molecule has 0 spiro atoms. The van der Waals surface area contributed by atoms with Crippen molar-refractivity contribution in [2.45, 2.75) is 154 Å². The van der Waals surface area contributed by atoms with Gasteiger partial charge in [0.05, 0.1) is 6.61 Å². The zero-order valence-corrected chi connectivity index (χ0v) is 25.6. The van der Waals surface area contributed by atoms with E-state index >= 15 is 0 Å². The molecule has 6 nitrogen and oxygen atoms in total. The van der Waals surface area contributed by atoms with Crippen molar-refractivity contribution in [2.75, 3.05) is 40.3 Å². The number of hydrogen-bond acceptors (Lipinski definition) is 4. The van der Waals surface area contributed by atoms with Gasteiger partial charge < -0.3 is 19.9 Å². The summed E-state index contributed by atoms with van der Waals surface area (Å²) in [4.78, 5) is 28.8. The summed E-state index contributed by atoms with van der Waals surface area (Å²) in [5.74, 6) is -0.123. The molecule has 1 fully saturated rings. The molecule has 1 heterocycles. The Morgan fingerprint density at radius 1 is 0.789 bits per heavy atom. The van der Waals surface area contributed by atoms with Crippen LogP contribution in [0.4, 0.5) is 4.79 Å². The Labute approximate surface area is 236 Å². The lowest BCUT2D eigenvalue weighted by Gasteiger charge is -2.35. The third-order valence-electron chi connectivity index (χ3n) is 7.89. The number of piperidine rings is 1. The lowest BCUT2D eigenvalue weighted by molar-refractivity contribution is -0.144. The summed E-state index contributed by atoms with van der Waals surface area (Å²) < 4.78 is 5.44. The molecule has 0 aromatic heterocycles. The van der Waals surface area contributed by atoms with Crippen LogP contribution in [0.5, 0.6) is 0 Å². The molecule has 1 N–H and O–H groups in total. The predicted octanol–water partition coefficient (Wildman–Crippen LogP) is 8.09. The number of nitrogens with zero attached hydrogens (tertiary/aromatic N) is 2. The average molecular weight is 538 g/mol. The number of carbonyl (C=O) groups is 2. The lowest BCUT2D eigenvalue weighted by atomic mass is 10.00. The van der Waals surface area contributed by atoms with Crippen molar-refractivity contribution in [3.63, 3.8) is 0 Å². The highest BCUT2D eigenvalue weighted by Crippen LogP contribution is 2.20. The average Bonchev–Trinajstić information content (AvgIpc) is 2.90. The van der Waals surface area contributed by atoms with E-state index in [4.69, 9.17) is 4.74 Å². The smallest absolute Gasteiger partial charge is 0.317 e. The number of unbranched alkanes of at least 4 members (excludes halogenated alkanes) is 15. The summed E-state index contributed by atoms with van der Waals surface area (Å²) in [6, 6.07) is 0.247. The van der Waals surface area contributed by atoms with Gasteiger partial charge in [-0.25, -0.2) is 4.79 Å². The number of ether oxygens (including phenoxy) is 1. The van der Waals surface area contributed by atoms with Gasteiger partial charge in [-0.1, -0.05) is 103 Å². The molecule has 0 aromatic carbocycles. The van der Waals surface area contributed by atoms with Gasteiger partial charge in [-0.2, -0.15) is 0 Å². The Morgan fingerprint density at radius 3 is 1.89 bits per heavy atom. The largest absolute Gasteiger partial charge is 0.466 e. The minimum Gasteiger partial charge on any atom is -0.466 e. The van der Waals surface area contributed by atoms with E-state index in [1.807, 2.05) is 19.0 Å². The van der Waals surface area contributed by atoms with Gasteiger partial charge in [0.15, 0.2) is 0 Å². The van der Waals surface area contributed by atoms with Gasteiger partial charge in [-0.15, -0.1) is 0 Å². The molecule has 1 aliphatic heterocycles. The van der Waals surface area contributed by atoms with Crippen LogP contribution in [0, 0.1) is 0 Å². The second-order valence-electron chi connectivity index (χ2n) is 11.8. The first-order valence-corrected chi connectivity index (χ1v) is 16.4. The fourth-order valence-electron chi connectivity index (χ4n) is 5.46. The topological polar surface area (TPSA) is 61.9 Å². The Bertz CT molecular complexity index is 570. The molecule has 1 unspecified atom stereocenters. The Morgan fingerprint density at radius 2 is 1.34 bits per heavy atom. The van der Waals surface area contributed by atoms with Crippen LogP contribution < -0.4 is 5.32 Å². The molecule has 0 aromatic rings. The molecule has 2 amide bonds. The molecule has 0 radical (unpaired) electrons. The number of nitrogens with one attached hydrogen (secondary N) is 1. The third kappa shape index (κ3) is 19.7. The van der Waals surface area contributed by atoms with E-state index in [1.54, 1.807) is 0 Å². The van der Waals surface area contributed by atoms with Gasteiger partial charge in [-0.3, -0.25) is 4.79 Å². The van der Waals surface area contributed by atoms with Gasteiger partial charge >= 0.3 is 12.0 Å². The molecular weight excluding hydrogens is 474 g/mol. The maximum absolute atomic E-state index is 12.8. The quantitative estimate of drug-likeness (QED) is 0.0998. The number of amides is 2. The fourth-order valence-corrected chi connectivity index (χ4v) is 5.46. The van der Waals surface area contributed by atoms with Crippen molar-refractivity contribution in [1.29, 1.82) is 0 Å². The first-order valence-electron chi connectivity index (χ1n) is 16.4. The van der Waals surface area contributed by atoms with Crippen LogP contribution in [0.1, 0.15) is 148 Å². The summed E-state index contributed by atoms with van der Waals surface area (Å²) in [6.45, 7) is 5.17. The number of rotatable bonds is 24. The van der Waals surface area contributed by atoms with E-state index in [9.17, 15) is 9.59 Å². The minimum atomic E-state index is -0.123. The van der Waals surface area contributed by atoms with Crippen molar-refractivity contribution < 1.29 is 14.3 Å². The standard InChI is InChI=1S/C32H63N3O3/c1-4-5-6-7-8-9-10-11-12-13-14-15-16-17-18-20-26-33-32(37)35-28-21-19-23-30(35)25-29-38-31(36)24-22-27-34(2)3/h30H,4-29H2,1-3H3,(H,33,37). The zero-order valence-electron chi connectivity index (χ0n) is 25.6. The highest BCUT2D eigenvalue weighted by Gasteiger charge is 2.26. The number of urea groups is 1.